The van der Waals surface area contributed by atoms with E-state index >= 15 is 0 Å². The van der Waals surface area contributed by atoms with E-state index in [1.54, 1.807) is 0 Å². The standard InChI is InChI=1S/C15H22N4/c1-2-3-9-18(11-12-19-10-8-16-14-19)13-15-6-4-5-7-17-15/h4-8,10,14H,2-3,9,11-13H2,1H3. The van der Waals surface area contributed by atoms with Crippen LogP contribution in [-0.4, -0.2) is 32.5 Å². The first-order valence-corrected chi connectivity index (χ1v) is 6.96. The molecule has 4 nitrogen and oxygen atoms in total. The summed E-state index contributed by atoms with van der Waals surface area (Å²) in [5.74, 6) is 0. The Hall–Kier alpha value is -1.68. The fourth-order valence-corrected chi connectivity index (χ4v) is 2.05. The van der Waals surface area contributed by atoms with E-state index in [0.717, 1.165) is 31.9 Å². The van der Waals surface area contributed by atoms with Crippen molar-refractivity contribution in [3.63, 3.8) is 0 Å². The van der Waals surface area contributed by atoms with Gasteiger partial charge in [-0.2, -0.15) is 0 Å². The van der Waals surface area contributed by atoms with Gasteiger partial charge < -0.3 is 4.57 Å². The number of imidazole rings is 1. The van der Waals surface area contributed by atoms with Crippen LogP contribution in [0.3, 0.4) is 0 Å². The first kappa shape index (κ1) is 13.7. The predicted molar refractivity (Wildman–Crippen MR) is 76.6 cm³/mol. The second kappa shape index (κ2) is 7.69. The maximum atomic E-state index is 4.41. The summed E-state index contributed by atoms with van der Waals surface area (Å²) in [6.07, 6.45) is 10.0. The molecule has 0 aliphatic carbocycles. The normalized spacial score (nSPS) is 11.1. The van der Waals surface area contributed by atoms with Gasteiger partial charge in [0.25, 0.3) is 0 Å². The molecule has 0 fully saturated rings. The van der Waals surface area contributed by atoms with Crippen molar-refractivity contribution in [2.45, 2.75) is 32.9 Å². The number of nitrogens with zero attached hydrogens (tertiary/aromatic N) is 4. The van der Waals surface area contributed by atoms with Crippen LogP contribution in [0.5, 0.6) is 0 Å². The van der Waals surface area contributed by atoms with Crippen LogP contribution in [0.25, 0.3) is 0 Å². The third-order valence-corrected chi connectivity index (χ3v) is 3.17. The van der Waals surface area contributed by atoms with Crippen molar-refractivity contribution in [1.82, 2.24) is 19.4 Å². The van der Waals surface area contributed by atoms with E-state index in [2.05, 4.69) is 38.5 Å². The molecule has 0 unspecified atom stereocenters. The van der Waals surface area contributed by atoms with E-state index in [-0.39, 0.29) is 0 Å². The largest absolute Gasteiger partial charge is 0.336 e. The molecule has 0 aromatic carbocycles. The van der Waals surface area contributed by atoms with Gasteiger partial charge in [-0.25, -0.2) is 4.98 Å². The zero-order valence-electron chi connectivity index (χ0n) is 11.6. The van der Waals surface area contributed by atoms with Crippen molar-refractivity contribution < 1.29 is 0 Å². The summed E-state index contributed by atoms with van der Waals surface area (Å²) >= 11 is 0. The lowest BCUT2D eigenvalue weighted by molar-refractivity contribution is 0.248. The van der Waals surface area contributed by atoms with Crippen LogP contribution in [0, 0.1) is 0 Å². The zero-order valence-corrected chi connectivity index (χ0v) is 11.6. The minimum Gasteiger partial charge on any atom is -0.336 e. The topological polar surface area (TPSA) is 34.0 Å². The Balaban J connectivity index is 1.87. The molecule has 0 spiro atoms. The molecular formula is C15H22N4. The molecule has 4 heteroatoms. The van der Waals surface area contributed by atoms with Crippen LogP contribution >= 0.6 is 0 Å². The summed E-state index contributed by atoms with van der Waals surface area (Å²) in [5, 5.41) is 0. The van der Waals surface area contributed by atoms with Gasteiger partial charge in [0.05, 0.1) is 12.0 Å². The van der Waals surface area contributed by atoms with Gasteiger partial charge in [-0.15, -0.1) is 0 Å². The van der Waals surface area contributed by atoms with Crippen LogP contribution in [0.1, 0.15) is 25.5 Å². The van der Waals surface area contributed by atoms with Crippen molar-refractivity contribution in [2.24, 2.45) is 0 Å². The number of hydrogen-bond donors (Lipinski definition) is 0. The molecule has 0 N–H and O–H groups in total. The Labute approximate surface area is 115 Å². The van der Waals surface area contributed by atoms with E-state index in [9.17, 15) is 0 Å². The molecule has 2 aromatic rings. The number of hydrogen-bond acceptors (Lipinski definition) is 3. The second-order valence-corrected chi connectivity index (χ2v) is 4.75. The highest BCUT2D eigenvalue weighted by molar-refractivity contribution is 5.03. The van der Waals surface area contributed by atoms with Gasteiger partial charge in [0.15, 0.2) is 0 Å². The Morgan fingerprint density at radius 2 is 2.16 bits per heavy atom. The van der Waals surface area contributed by atoms with Gasteiger partial charge in [-0.3, -0.25) is 9.88 Å². The first-order valence-electron chi connectivity index (χ1n) is 6.96. The maximum Gasteiger partial charge on any atom is 0.0946 e. The highest BCUT2D eigenvalue weighted by Gasteiger charge is 2.06. The lowest BCUT2D eigenvalue weighted by atomic mass is 10.2. The smallest absolute Gasteiger partial charge is 0.0946 e. The van der Waals surface area contributed by atoms with E-state index in [1.165, 1.54) is 12.8 Å². The summed E-state index contributed by atoms with van der Waals surface area (Å²) in [6, 6.07) is 6.11. The highest BCUT2D eigenvalue weighted by atomic mass is 15.2. The quantitative estimate of drug-likeness (QED) is 0.730. The number of pyridine rings is 1. The van der Waals surface area contributed by atoms with Crippen molar-refractivity contribution in [3.05, 3.63) is 48.8 Å². The minimum absolute atomic E-state index is 0.926. The van der Waals surface area contributed by atoms with Crippen LogP contribution in [0.15, 0.2) is 43.1 Å². The molecular weight excluding hydrogens is 236 g/mol. The van der Waals surface area contributed by atoms with Gasteiger partial charge in [0.2, 0.25) is 0 Å². The average Bonchev–Trinajstić information content (AvgIpc) is 2.96. The third kappa shape index (κ3) is 4.83. The first-order chi connectivity index (χ1) is 9.38. The fourth-order valence-electron chi connectivity index (χ4n) is 2.05. The van der Waals surface area contributed by atoms with Crippen molar-refractivity contribution >= 4 is 0 Å². The van der Waals surface area contributed by atoms with E-state index < -0.39 is 0 Å². The molecule has 0 radical (unpaired) electrons. The lowest BCUT2D eigenvalue weighted by Crippen LogP contribution is -2.28. The Bertz CT molecular complexity index is 438. The van der Waals surface area contributed by atoms with Crippen molar-refractivity contribution in [2.75, 3.05) is 13.1 Å². The average molecular weight is 258 g/mol. The van der Waals surface area contributed by atoms with Gasteiger partial charge in [0.1, 0.15) is 0 Å². The molecule has 0 aliphatic heterocycles. The summed E-state index contributed by atoms with van der Waals surface area (Å²) in [6.45, 7) is 6.30. The van der Waals surface area contributed by atoms with E-state index in [1.807, 2.05) is 31.0 Å². The van der Waals surface area contributed by atoms with Gasteiger partial charge in [0, 0.05) is 38.2 Å². The molecule has 19 heavy (non-hydrogen) atoms. The maximum absolute atomic E-state index is 4.41. The Morgan fingerprint density at radius 1 is 1.21 bits per heavy atom. The van der Waals surface area contributed by atoms with Crippen LogP contribution in [0.4, 0.5) is 0 Å². The molecule has 2 heterocycles. The SMILES string of the molecule is CCCCN(CCn1ccnc1)Cc1ccccn1. The van der Waals surface area contributed by atoms with Gasteiger partial charge in [-0.05, 0) is 25.1 Å². The molecule has 0 bridgehead atoms. The molecule has 0 saturated carbocycles. The molecule has 2 aromatic heterocycles. The fraction of sp³-hybridized carbons (Fsp3) is 0.467. The monoisotopic (exact) mass is 258 g/mol. The summed E-state index contributed by atoms with van der Waals surface area (Å²) in [4.78, 5) is 11.0. The van der Waals surface area contributed by atoms with Gasteiger partial charge in [-0.1, -0.05) is 19.4 Å². The summed E-state index contributed by atoms with van der Waals surface area (Å²) < 4.78 is 2.12. The zero-order chi connectivity index (χ0) is 13.3. The second-order valence-electron chi connectivity index (χ2n) is 4.75. The van der Waals surface area contributed by atoms with Crippen LogP contribution in [0.2, 0.25) is 0 Å². The van der Waals surface area contributed by atoms with Crippen molar-refractivity contribution in [1.29, 1.82) is 0 Å². The summed E-state index contributed by atoms with van der Waals surface area (Å²) in [7, 11) is 0. The number of unbranched alkanes of at least 4 members (excludes halogenated alkanes) is 1. The third-order valence-electron chi connectivity index (χ3n) is 3.17. The number of aromatic nitrogens is 3. The molecule has 2 rings (SSSR count). The highest BCUT2D eigenvalue weighted by Crippen LogP contribution is 2.04. The predicted octanol–water partition coefficient (Wildman–Crippen LogP) is 2.58. The molecule has 102 valence electrons. The molecule has 0 atom stereocenters. The Kier molecular flexibility index (Phi) is 5.56. The van der Waals surface area contributed by atoms with E-state index in [4.69, 9.17) is 0 Å². The summed E-state index contributed by atoms with van der Waals surface area (Å²) in [5.41, 5.74) is 1.14. The minimum atomic E-state index is 0.926. The van der Waals surface area contributed by atoms with E-state index in [0.29, 0.717) is 0 Å². The molecule has 0 aliphatic rings. The molecule has 0 amide bonds. The molecule has 0 saturated heterocycles. The van der Waals surface area contributed by atoms with Crippen LogP contribution in [-0.2, 0) is 13.1 Å². The lowest BCUT2D eigenvalue weighted by Gasteiger charge is -2.21. The Morgan fingerprint density at radius 3 is 2.84 bits per heavy atom. The van der Waals surface area contributed by atoms with Gasteiger partial charge >= 0.3 is 0 Å². The van der Waals surface area contributed by atoms with Crippen molar-refractivity contribution in [3.8, 4) is 0 Å². The van der Waals surface area contributed by atoms with Crippen LogP contribution < -0.4 is 0 Å². The number of rotatable bonds is 8.